The molecule has 2 fully saturated rings. The number of piperidine rings is 1. The Morgan fingerprint density at radius 3 is 2.81 bits per heavy atom. The van der Waals surface area contributed by atoms with Gasteiger partial charge in [-0.2, -0.15) is 0 Å². The summed E-state index contributed by atoms with van der Waals surface area (Å²) in [5.74, 6) is 0.702. The Morgan fingerprint density at radius 2 is 2.10 bits per heavy atom. The van der Waals surface area contributed by atoms with Gasteiger partial charge in [-0.3, -0.25) is 5.32 Å². The van der Waals surface area contributed by atoms with E-state index >= 15 is 0 Å². The zero-order chi connectivity index (χ0) is 14.5. The van der Waals surface area contributed by atoms with Gasteiger partial charge < -0.3 is 10.1 Å². The van der Waals surface area contributed by atoms with Crippen molar-refractivity contribution >= 4 is 11.8 Å². The zero-order valence-corrected chi connectivity index (χ0v) is 13.6. The van der Waals surface area contributed by atoms with Crippen LogP contribution in [0.5, 0.6) is 0 Å². The lowest BCUT2D eigenvalue weighted by Gasteiger charge is -2.32. The van der Waals surface area contributed by atoms with Crippen molar-refractivity contribution in [2.45, 2.75) is 42.8 Å². The van der Waals surface area contributed by atoms with Crippen molar-refractivity contribution < 1.29 is 4.74 Å². The van der Waals surface area contributed by atoms with E-state index in [0.29, 0.717) is 18.1 Å². The molecule has 0 aliphatic carbocycles. The van der Waals surface area contributed by atoms with Crippen LogP contribution >= 0.6 is 11.8 Å². The first-order chi connectivity index (χ1) is 10.3. The van der Waals surface area contributed by atoms with E-state index in [1.165, 1.54) is 36.1 Å². The molecule has 3 nitrogen and oxygen atoms in total. The highest BCUT2D eigenvalue weighted by atomic mass is 32.2. The van der Waals surface area contributed by atoms with Crippen LogP contribution in [0, 0.1) is 5.92 Å². The maximum Gasteiger partial charge on any atom is 0.0576 e. The lowest BCUT2D eigenvalue weighted by atomic mass is 9.96. The van der Waals surface area contributed by atoms with Crippen molar-refractivity contribution in [3.63, 3.8) is 0 Å². The van der Waals surface area contributed by atoms with Gasteiger partial charge in [0.25, 0.3) is 0 Å². The summed E-state index contributed by atoms with van der Waals surface area (Å²) >= 11 is 1.80. The molecule has 21 heavy (non-hydrogen) atoms. The van der Waals surface area contributed by atoms with Crippen LogP contribution in [0.15, 0.2) is 29.2 Å². The Hall–Kier alpha value is -0.550. The number of hydrogen-bond donors (Lipinski definition) is 2. The average molecular weight is 306 g/mol. The molecule has 1 aromatic rings. The third kappa shape index (κ3) is 4.22. The van der Waals surface area contributed by atoms with Crippen molar-refractivity contribution in [2.24, 2.45) is 5.92 Å². The smallest absolute Gasteiger partial charge is 0.0576 e. The molecule has 0 bridgehead atoms. The molecule has 0 amide bonds. The van der Waals surface area contributed by atoms with E-state index in [4.69, 9.17) is 4.74 Å². The Labute approximate surface area is 132 Å². The third-order valence-electron chi connectivity index (χ3n) is 4.58. The predicted octanol–water partition coefficient (Wildman–Crippen LogP) is 3.18. The molecule has 4 heteroatoms. The van der Waals surface area contributed by atoms with Gasteiger partial charge in [0.2, 0.25) is 0 Å². The largest absolute Gasteiger partial charge is 0.381 e. The van der Waals surface area contributed by atoms with Crippen molar-refractivity contribution in [2.75, 3.05) is 26.0 Å². The number of nitrogens with one attached hydrogen (secondary N) is 2. The summed E-state index contributed by atoms with van der Waals surface area (Å²) in [6.07, 6.45) is 7.54. The van der Waals surface area contributed by atoms with Gasteiger partial charge in [-0.05, 0) is 55.6 Å². The zero-order valence-electron chi connectivity index (χ0n) is 12.8. The van der Waals surface area contributed by atoms with Crippen LogP contribution in [0.1, 0.15) is 37.3 Å². The second kappa shape index (κ2) is 7.63. The number of rotatable bonds is 5. The first kappa shape index (κ1) is 15.3. The fourth-order valence-corrected chi connectivity index (χ4v) is 3.66. The van der Waals surface area contributed by atoms with E-state index in [-0.39, 0.29) is 0 Å². The van der Waals surface area contributed by atoms with Crippen LogP contribution in [-0.2, 0) is 4.74 Å². The Bertz CT molecular complexity index is 431. The monoisotopic (exact) mass is 306 g/mol. The second-order valence-corrected chi connectivity index (χ2v) is 6.99. The fourth-order valence-electron chi connectivity index (χ4n) is 3.25. The molecule has 3 atom stereocenters. The molecule has 3 rings (SSSR count). The molecule has 0 aromatic heterocycles. The van der Waals surface area contributed by atoms with E-state index in [1.54, 1.807) is 11.8 Å². The molecular formula is C17H26N2OS. The molecule has 3 unspecified atom stereocenters. The fraction of sp³-hybridized carbons (Fsp3) is 0.647. The first-order valence-corrected chi connectivity index (χ1v) is 9.29. The van der Waals surface area contributed by atoms with Crippen molar-refractivity contribution in [1.82, 2.24) is 10.6 Å². The van der Waals surface area contributed by atoms with E-state index in [0.717, 1.165) is 19.8 Å². The summed E-state index contributed by atoms with van der Waals surface area (Å²) in [6, 6.07) is 9.50. The van der Waals surface area contributed by atoms with Crippen LogP contribution in [0.25, 0.3) is 0 Å². The molecule has 1 aromatic carbocycles. The van der Waals surface area contributed by atoms with Gasteiger partial charge in [0.05, 0.1) is 12.8 Å². The highest BCUT2D eigenvalue weighted by molar-refractivity contribution is 7.98. The number of hydrogen-bond acceptors (Lipinski definition) is 4. The van der Waals surface area contributed by atoms with Crippen molar-refractivity contribution in [3.05, 3.63) is 29.8 Å². The van der Waals surface area contributed by atoms with Crippen molar-refractivity contribution in [3.8, 4) is 0 Å². The second-order valence-electron chi connectivity index (χ2n) is 6.11. The molecule has 0 radical (unpaired) electrons. The number of benzene rings is 1. The maximum atomic E-state index is 5.45. The summed E-state index contributed by atoms with van der Waals surface area (Å²) in [5.41, 5.74) is 1.42. The van der Waals surface area contributed by atoms with Gasteiger partial charge in [-0.1, -0.05) is 12.1 Å². The standard InChI is InChI=1S/C17H26N2OS/c1-21-15-7-5-14(6-8-15)16-3-2-4-17(19-16)18-11-13-9-10-20-12-13/h5-8,13,16-19H,2-4,9-12H2,1H3. The van der Waals surface area contributed by atoms with E-state index in [9.17, 15) is 0 Å². The topological polar surface area (TPSA) is 33.3 Å². The van der Waals surface area contributed by atoms with E-state index < -0.39 is 0 Å². The van der Waals surface area contributed by atoms with Gasteiger partial charge >= 0.3 is 0 Å². The molecule has 2 saturated heterocycles. The predicted molar refractivity (Wildman–Crippen MR) is 88.7 cm³/mol. The van der Waals surface area contributed by atoms with E-state index in [1.807, 2.05) is 0 Å². The van der Waals surface area contributed by atoms with Crippen LogP contribution in [0.4, 0.5) is 0 Å². The Balaban J connectivity index is 1.51. The molecule has 2 N–H and O–H groups in total. The Kier molecular flexibility index (Phi) is 5.58. The quantitative estimate of drug-likeness (QED) is 0.819. The lowest BCUT2D eigenvalue weighted by molar-refractivity contribution is 0.182. The highest BCUT2D eigenvalue weighted by Gasteiger charge is 2.23. The van der Waals surface area contributed by atoms with Gasteiger partial charge in [0, 0.05) is 24.1 Å². The molecule has 0 saturated carbocycles. The molecule has 2 aliphatic heterocycles. The molecular weight excluding hydrogens is 280 g/mol. The van der Waals surface area contributed by atoms with Gasteiger partial charge in [-0.25, -0.2) is 0 Å². The van der Waals surface area contributed by atoms with Crippen molar-refractivity contribution in [1.29, 1.82) is 0 Å². The van der Waals surface area contributed by atoms with Crippen LogP contribution in [0.2, 0.25) is 0 Å². The van der Waals surface area contributed by atoms with Gasteiger partial charge in [-0.15, -0.1) is 11.8 Å². The first-order valence-electron chi connectivity index (χ1n) is 8.06. The maximum absolute atomic E-state index is 5.45. The van der Waals surface area contributed by atoms with Crippen LogP contribution < -0.4 is 10.6 Å². The van der Waals surface area contributed by atoms with Crippen LogP contribution in [-0.4, -0.2) is 32.2 Å². The molecule has 2 heterocycles. The summed E-state index contributed by atoms with van der Waals surface area (Å²) in [4.78, 5) is 1.34. The lowest BCUT2D eigenvalue weighted by Crippen LogP contribution is -2.48. The summed E-state index contributed by atoms with van der Waals surface area (Å²) < 4.78 is 5.45. The third-order valence-corrected chi connectivity index (χ3v) is 5.33. The number of thioether (sulfide) groups is 1. The minimum atomic E-state index is 0.449. The molecule has 2 aliphatic rings. The molecule has 116 valence electrons. The SMILES string of the molecule is CSc1ccc(C2CCCC(NCC3CCOC3)N2)cc1. The summed E-state index contributed by atoms with van der Waals surface area (Å²) in [7, 11) is 0. The number of ether oxygens (including phenoxy) is 1. The van der Waals surface area contributed by atoms with Crippen LogP contribution in [0.3, 0.4) is 0 Å². The average Bonchev–Trinajstić information content (AvgIpc) is 3.07. The summed E-state index contributed by atoms with van der Waals surface area (Å²) in [6.45, 7) is 2.95. The Morgan fingerprint density at radius 1 is 1.24 bits per heavy atom. The van der Waals surface area contributed by atoms with Gasteiger partial charge in [0.15, 0.2) is 0 Å². The van der Waals surface area contributed by atoms with Gasteiger partial charge in [0.1, 0.15) is 0 Å². The normalized spacial score (nSPS) is 29.7. The minimum absolute atomic E-state index is 0.449. The van der Waals surface area contributed by atoms with E-state index in [2.05, 4.69) is 41.2 Å². The minimum Gasteiger partial charge on any atom is -0.381 e. The molecule has 0 spiro atoms. The highest BCUT2D eigenvalue weighted by Crippen LogP contribution is 2.26. The summed E-state index contributed by atoms with van der Waals surface area (Å²) in [5, 5.41) is 7.46.